The second kappa shape index (κ2) is 4.05. The summed E-state index contributed by atoms with van der Waals surface area (Å²) in [5, 5.41) is 3.17. The molecule has 4 heteroatoms. The average Bonchev–Trinajstić information content (AvgIpc) is 2.59. The molecule has 0 unspecified atom stereocenters. The van der Waals surface area contributed by atoms with Crippen molar-refractivity contribution >= 4 is 17.5 Å². The van der Waals surface area contributed by atoms with Gasteiger partial charge in [-0.1, -0.05) is 18.2 Å². The standard InChI is InChI=1S/C13H14N2O2/c1-13(2,14-10-6-4-3-5-7-10)15-11(16)8-9-12(15)17/h3-9,14H,1-2H3. The minimum Gasteiger partial charge on any atom is -0.363 e. The molecule has 1 aliphatic heterocycles. The number of imide groups is 1. The highest BCUT2D eigenvalue weighted by Crippen LogP contribution is 2.22. The maximum absolute atomic E-state index is 11.6. The molecule has 1 heterocycles. The molecule has 0 aromatic heterocycles. The van der Waals surface area contributed by atoms with Gasteiger partial charge in [0.05, 0.1) is 0 Å². The van der Waals surface area contributed by atoms with Crippen molar-refractivity contribution in [1.82, 2.24) is 4.90 Å². The Labute approximate surface area is 99.9 Å². The topological polar surface area (TPSA) is 49.4 Å². The van der Waals surface area contributed by atoms with Gasteiger partial charge in [-0.2, -0.15) is 0 Å². The van der Waals surface area contributed by atoms with Gasteiger partial charge < -0.3 is 5.32 Å². The Kier molecular flexibility index (Phi) is 2.71. The summed E-state index contributed by atoms with van der Waals surface area (Å²) in [4.78, 5) is 24.4. The third kappa shape index (κ3) is 2.20. The predicted octanol–water partition coefficient (Wildman–Crippen LogP) is 1.76. The van der Waals surface area contributed by atoms with Crippen molar-refractivity contribution in [2.24, 2.45) is 0 Å². The van der Waals surface area contributed by atoms with E-state index >= 15 is 0 Å². The van der Waals surface area contributed by atoms with E-state index in [0.29, 0.717) is 0 Å². The van der Waals surface area contributed by atoms with E-state index in [1.54, 1.807) is 13.8 Å². The van der Waals surface area contributed by atoms with Crippen molar-refractivity contribution in [3.8, 4) is 0 Å². The van der Waals surface area contributed by atoms with E-state index < -0.39 is 5.66 Å². The Morgan fingerprint density at radius 3 is 2.06 bits per heavy atom. The second-order valence-corrected chi connectivity index (χ2v) is 4.40. The smallest absolute Gasteiger partial charge is 0.255 e. The highest BCUT2D eigenvalue weighted by Gasteiger charge is 2.36. The summed E-state index contributed by atoms with van der Waals surface area (Å²) in [6, 6.07) is 9.47. The Morgan fingerprint density at radius 1 is 1.00 bits per heavy atom. The van der Waals surface area contributed by atoms with Gasteiger partial charge in [-0.3, -0.25) is 14.5 Å². The molecule has 4 nitrogen and oxygen atoms in total. The van der Waals surface area contributed by atoms with Crippen LogP contribution >= 0.6 is 0 Å². The number of nitrogens with one attached hydrogen (secondary N) is 1. The Balaban J connectivity index is 2.20. The van der Waals surface area contributed by atoms with Crippen LogP contribution in [0, 0.1) is 0 Å². The molecule has 2 amide bonds. The van der Waals surface area contributed by atoms with Gasteiger partial charge in [0, 0.05) is 17.8 Å². The molecular weight excluding hydrogens is 216 g/mol. The molecule has 88 valence electrons. The van der Waals surface area contributed by atoms with Crippen LogP contribution in [0.15, 0.2) is 42.5 Å². The summed E-state index contributed by atoms with van der Waals surface area (Å²) in [6.07, 6.45) is 2.58. The largest absolute Gasteiger partial charge is 0.363 e. The van der Waals surface area contributed by atoms with Crippen LogP contribution < -0.4 is 5.32 Å². The van der Waals surface area contributed by atoms with Crippen molar-refractivity contribution < 1.29 is 9.59 Å². The van der Waals surface area contributed by atoms with Crippen LogP contribution in [0.5, 0.6) is 0 Å². The van der Waals surface area contributed by atoms with Crippen LogP contribution in [-0.2, 0) is 9.59 Å². The molecule has 1 aliphatic rings. The Morgan fingerprint density at radius 2 is 1.53 bits per heavy atom. The number of hydrogen-bond acceptors (Lipinski definition) is 3. The molecule has 0 atom stereocenters. The molecule has 0 radical (unpaired) electrons. The predicted molar refractivity (Wildman–Crippen MR) is 65.1 cm³/mol. The molecule has 0 saturated heterocycles. The highest BCUT2D eigenvalue weighted by molar-refractivity contribution is 6.13. The zero-order valence-corrected chi connectivity index (χ0v) is 9.81. The van der Waals surface area contributed by atoms with Crippen LogP contribution in [0.2, 0.25) is 0 Å². The van der Waals surface area contributed by atoms with Crippen LogP contribution in [0.1, 0.15) is 13.8 Å². The molecule has 1 N–H and O–H groups in total. The van der Waals surface area contributed by atoms with Gasteiger partial charge in [-0.05, 0) is 26.0 Å². The van der Waals surface area contributed by atoms with Gasteiger partial charge in [0.2, 0.25) is 0 Å². The van der Waals surface area contributed by atoms with Crippen molar-refractivity contribution in [2.75, 3.05) is 5.32 Å². The summed E-state index contributed by atoms with van der Waals surface area (Å²) in [7, 11) is 0. The molecule has 1 aromatic rings. The van der Waals surface area contributed by atoms with Gasteiger partial charge in [0.15, 0.2) is 0 Å². The van der Waals surface area contributed by atoms with Gasteiger partial charge in [0.25, 0.3) is 11.8 Å². The number of anilines is 1. The minimum absolute atomic E-state index is 0.288. The normalized spacial score (nSPS) is 15.5. The first-order valence-corrected chi connectivity index (χ1v) is 5.40. The first-order valence-electron chi connectivity index (χ1n) is 5.40. The zero-order valence-electron chi connectivity index (χ0n) is 9.81. The number of para-hydroxylation sites is 1. The van der Waals surface area contributed by atoms with E-state index in [4.69, 9.17) is 0 Å². The first kappa shape index (κ1) is 11.4. The van der Waals surface area contributed by atoms with Crippen molar-refractivity contribution in [3.05, 3.63) is 42.5 Å². The maximum Gasteiger partial charge on any atom is 0.255 e. The lowest BCUT2D eigenvalue weighted by Crippen LogP contribution is -2.52. The van der Waals surface area contributed by atoms with E-state index in [0.717, 1.165) is 5.69 Å². The summed E-state index contributed by atoms with van der Waals surface area (Å²) >= 11 is 0. The SMILES string of the molecule is CC(C)(Nc1ccccc1)N1C(=O)C=CC1=O. The number of benzene rings is 1. The van der Waals surface area contributed by atoms with Crippen molar-refractivity contribution in [2.45, 2.75) is 19.5 Å². The average molecular weight is 230 g/mol. The van der Waals surface area contributed by atoms with E-state index in [2.05, 4.69) is 5.32 Å². The summed E-state index contributed by atoms with van der Waals surface area (Å²) in [5.41, 5.74) is 0.115. The monoisotopic (exact) mass is 230 g/mol. The zero-order chi connectivity index (χ0) is 12.5. The van der Waals surface area contributed by atoms with Gasteiger partial charge in [-0.15, -0.1) is 0 Å². The summed E-state index contributed by atoms with van der Waals surface area (Å²) < 4.78 is 0. The molecule has 0 aliphatic carbocycles. The van der Waals surface area contributed by atoms with Crippen LogP contribution in [0.4, 0.5) is 5.69 Å². The number of carbonyl (C=O) groups is 2. The fourth-order valence-electron chi connectivity index (χ4n) is 1.88. The molecular formula is C13H14N2O2. The third-order valence-corrected chi connectivity index (χ3v) is 2.59. The van der Waals surface area contributed by atoms with Gasteiger partial charge in [0.1, 0.15) is 5.66 Å². The lowest BCUT2D eigenvalue weighted by molar-refractivity contribution is -0.141. The van der Waals surface area contributed by atoms with E-state index in [9.17, 15) is 9.59 Å². The van der Waals surface area contributed by atoms with E-state index in [1.165, 1.54) is 17.1 Å². The quantitative estimate of drug-likeness (QED) is 0.805. The fraction of sp³-hybridized carbons (Fsp3) is 0.231. The van der Waals surface area contributed by atoms with E-state index in [1.807, 2.05) is 30.3 Å². The number of carbonyl (C=O) groups excluding carboxylic acids is 2. The van der Waals surface area contributed by atoms with Crippen LogP contribution in [0.3, 0.4) is 0 Å². The molecule has 2 rings (SSSR count). The molecule has 0 saturated carbocycles. The van der Waals surface area contributed by atoms with Crippen molar-refractivity contribution in [1.29, 1.82) is 0 Å². The number of nitrogens with zero attached hydrogens (tertiary/aromatic N) is 1. The minimum atomic E-state index is -0.751. The Bertz CT molecular complexity index is 459. The fourth-order valence-corrected chi connectivity index (χ4v) is 1.88. The molecule has 0 spiro atoms. The summed E-state index contributed by atoms with van der Waals surface area (Å²) in [5.74, 6) is -0.577. The lowest BCUT2D eigenvalue weighted by atomic mass is 10.1. The van der Waals surface area contributed by atoms with Gasteiger partial charge >= 0.3 is 0 Å². The number of amides is 2. The third-order valence-electron chi connectivity index (χ3n) is 2.59. The molecule has 0 bridgehead atoms. The van der Waals surface area contributed by atoms with Gasteiger partial charge in [-0.25, -0.2) is 0 Å². The Hall–Kier alpha value is -2.10. The summed E-state index contributed by atoms with van der Waals surface area (Å²) in [6.45, 7) is 3.59. The van der Waals surface area contributed by atoms with Crippen molar-refractivity contribution in [3.63, 3.8) is 0 Å². The number of rotatable bonds is 3. The lowest BCUT2D eigenvalue weighted by Gasteiger charge is -2.35. The molecule has 0 fully saturated rings. The van der Waals surface area contributed by atoms with E-state index in [-0.39, 0.29) is 11.8 Å². The maximum atomic E-state index is 11.6. The first-order chi connectivity index (χ1) is 8.00. The van der Waals surface area contributed by atoms with Crippen LogP contribution in [-0.4, -0.2) is 22.4 Å². The van der Waals surface area contributed by atoms with Crippen LogP contribution in [0.25, 0.3) is 0 Å². The number of hydrogen-bond donors (Lipinski definition) is 1. The second-order valence-electron chi connectivity index (χ2n) is 4.40. The highest BCUT2D eigenvalue weighted by atomic mass is 16.2. The molecule has 17 heavy (non-hydrogen) atoms. The molecule has 1 aromatic carbocycles.